The van der Waals surface area contributed by atoms with Crippen molar-refractivity contribution >= 4 is 43.6 Å². The first-order chi connectivity index (χ1) is 19.3. The highest BCUT2D eigenvalue weighted by Gasteiger charge is 2.16. The molecular weight excluding hydrogens is 474 g/mol. The molecule has 0 spiro atoms. The lowest BCUT2D eigenvalue weighted by atomic mass is 9.92. The molecule has 0 aliphatic carbocycles. The first-order valence-electron chi connectivity index (χ1n) is 13.2. The Labute approximate surface area is 225 Å². The molecule has 6 aromatic carbocycles. The third kappa shape index (κ3) is 3.61. The standard InChI is InChI=1S/C37H23NO/c1-3-11-24(12-4-1)26-19-27(25-13-5-2-6-14-25)21-28(20-26)37-33-22-32-30-16-8-10-18-35(30)39-36(32)23-31(33)29-15-7-9-17-34(29)38-37/h1-23H. The summed E-state index contributed by atoms with van der Waals surface area (Å²) >= 11 is 0. The fraction of sp³-hybridized carbons (Fsp3) is 0. The van der Waals surface area contributed by atoms with Crippen molar-refractivity contribution in [3.8, 4) is 33.5 Å². The van der Waals surface area contributed by atoms with Gasteiger partial charge in [0.25, 0.3) is 0 Å². The van der Waals surface area contributed by atoms with Gasteiger partial charge in [-0.3, -0.25) is 0 Å². The third-order valence-corrected chi connectivity index (χ3v) is 7.62. The Balaban J connectivity index is 1.49. The zero-order valence-electron chi connectivity index (χ0n) is 21.1. The van der Waals surface area contributed by atoms with E-state index < -0.39 is 0 Å². The Morgan fingerprint density at radius 1 is 0.359 bits per heavy atom. The fourth-order valence-electron chi connectivity index (χ4n) is 5.75. The van der Waals surface area contributed by atoms with Gasteiger partial charge in [0.1, 0.15) is 11.2 Å². The van der Waals surface area contributed by atoms with Crippen molar-refractivity contribution in [2.75, 3.05) is 0 Å². The maximum absolute atomic E-state index is 6.29. The van der Waals surface area contributed by atoms with Crippen LogP contribution in [0.4, 0.5) is 0 Å². The van der Waals surface area contributed by atoms with E-state index in [1.807, 2.05) is 12.1 Å². The first-order valence-corrected chi connectivity index (χ1v) is 13.2. The summed E-state index contributed by atoms with van der Waals surface area (Å²) in [4.78, 5) is 5.28. The molecule has 0 unspecified atom stereocenters. The number of furan rings is 1. The number of aromatic nitrogens is 1. The molecule has 2 heteroatoms. The molecule has 0 radical (unpaired) electrons. The van der Waals surface area contributed by atoms with Gasteiger partial charge in [-0.2, -0.15) is 0 Å². The Hall–Kier alpha value is -5.21. The molecule has 0 atom stereocenters. The Bertz CT molecular complexity index is 2100. The van der Waals surface area contributed by atoms with E-state index in [0.29, 0.717) is 0 Å². The smallest absolute Gasteiger partial charge is 0.136 e. The lowest BCUT2D eigenvalue weighted by Gasteiger charge is -2.14. The summed E-state index contributed by atoms with van der Waals surface area (Å²) in [6, 6.07) is 49.1. The first kappa shape index (κ1) is 21.8. The van der Waals surface area contributed by atoms with E-state index in [1.54, 1.807) is 0 Å². The van der Waals surface area contributed by atoms with Crippen molar-refractivity contribution in [3.05, 3.63) is 140 Å². The molecule has 2 heterocycles. The largest absolute Gasteiger partial charge is 0.456 e. The molecule has 182 valence electrons. The molecule has 0 saturated heterocycles. The Morgan fingerprint density at radius 3 is 1.67 bits per heavy atom. The van der Waals surface area contributed by atoms with Crippen LogP contribution < -0.4 is 0 Å². The van der Waals surface area contributed by atoms with Crippen LogP contribution >= 0.6 is 0 Å². The third-order valence-electron chi connectivity index (χ3n) is 7.62. The van der Waals surface area contributed by atoms with E-state index in [-0.39, 0.29) is 0 Å². The second-order valence-electron chi connectivity index (χ2n) is 10.0. The van der Waals surface area contributed by atoms with E-state index in [9.17, 15) is 0 Å². The monoisotopic (exact) mass is 497 g/mol. The van der Waals surface area contributed by atoms with E-state index in [2.05, 4.69) is 127 Å². The normalized spacial score (nSPS) is 11.6. The van der Waals surface area contributed by atoms with Crippen LogP contribution in [0.1, 0.15) is 0 Å². The maximum Gasteiger partial charge on any atom is 0.136 e. The predicted octanol–water partition coefficient (Wildman–Crippen LogP) is 10.3. The quantitative estimate of drug-likeness (QED) is 0.227. The van der Waals surface area contributed by atoms with Gasteiger partial charge < -0.3 is 4.42 Å². The number of hydrogen-bond acceptors (Lipinski definition) is 2. The van der Waals surface area contributed by atoms with Crippen LogP contribution in [-0.4, -0.2) is 4.98 Å². The number of benzene rings is 6. The van der Waals surface area contributed by atoms with Gasteiger partial charge in [0.05, 0.1) is 11.2 Å². The number of fused-ring (bicyclic) bond motifs is 6. The van der Waals surface area contributed by atoms with Crippen LogP contribution in [0.2, 0.25) is 0 Å². The molecule has 0 fully saturated rings. The second kappa shape index (κ2) is 8.68. The van der Waals surface area contributed by atoms with Crippen molar-refractivity contribution < 1.29 is 4.42 Å². The van der Waals surface area contributed by atoms with Gasteiger partial charge in [0.15, 0.2) is 0 Å². The van der Waals surface area contributed by atoms with E-state index >= 15 is 0 Å². The number of nitrogens with zero attached hydrogens (tertiary/aromatic N) is 1. The maximum atomic E-state index is 6.29. The lowest BCUT2D eigenvalue weighted by Crippen LogP contribution is -1.92. The van der Waals surface area contributed by atoms with Gasteiger partial charge >= 0.3 is 0 Å². The molecule has 0 aliphatic heterocycles. The average molecular weight is 498 g/mol. The highest BCUT2D eigenvalue weighted by Crippen LogP contribution is 2.40. The minimum absolute atomic E-state index is 0.897. The van der Waals surface area contributed by atoms with Crippen LogP contribution in [0.15, 0.2) is 144 Å². The van der Waals surface area contributed by atoms with Crippen molar-refractivity contribution in [3.63, 3.8) is 0 Å². The molecule has 39 heavy (non-hydrogen) atoms. The van der Waals surface area contributed by atoms with Crippen molar-refractivity contribution in [1.82, 2.24) is 4.98 Å². The van der Waals surface area contributed by atoms with Crippen LogP contribution in [0, 0.1) is 0 Å². The van der Waals surface area contributed by atoms with E-state index in [0.717, 1.165) is 54.9 Å². The summed E-state index contributed by atoms with van der Waals surface area (Å²) < 4.78 is 6.29. The predicted molar refractivity (Wildman–Crippen MR) is 163 cm³/mol. The number of hydrogen-bond donors (Lipinski definition) is 0. The molecule has 8 aromatic rings. The van der Waals surface area contributed by atoms with Gasteiger partial charge in [-0.05, 0) is 70.1 Å². The van der Waals surface area contributed by atoms with Crippen molar-refractivity contribution in [2.24, 2.45) is 0 Å². The highest BCUT2D eigenvalue weighted by molar-refractivity contribution is 6.18. The van der Waals surface area contributed by atoms with Gasteiger partial charge in [-0.15, -0.1) is 0 Å². The molecule has 0 saturated carbocycles. The number of pyridine rings is 1. The molecule has 8 rings (SSSR count). The zero-order valence-corrected chi connectivity index (χ0v) is 21.1. The summed E-state index contributed by atoms with van der Waals surface area (Å²) in [6.45, 7) is 0. The van der Waals surface area contributed by atoms with E-state index in [4.69, 9.17) is 9.40 Å². The topological polar surface area (TPSA) is 26.0 Å². The summed E-state index contributed by atoms with van der Waals surface area (Å²) in [6.07, 6.45) is 0. The Morgan fingerprint density at radius 2 is 0.949 bits per heavy atom. The van der Waals surface area contributed by atoms with Gasteiger partial charge in [-0.1, -0.05) is 97.1 Å². The minimum Gasteiger partial charge on any atom is -0.456 e. The summed E-state index contributed by atoms with van der Waals surface area (Å²) in [7, 11) is 0. The molecule has 0 amide bonds. The minimum atomic E-state index is 0.897. The lowest BCUT2D eigenvalue weighted by molar-refractivity contribution is 0.669. The van der Waals surface area contributed by atoms with Crippen LogP contribution in [0.3, 0.4) is 0 Å². The van der Waals surface area contributed by atoms with Crippen molar-refractivity contribution in [1.29, 1.82) is 0 Å². The molecule has 0 aliphatic rings. The number of para-hydroxylation sites is 2. The van der Waals surface area contributed by atoms with Gasteiger partial charge in [0, 0.05) is 27.1 Å². The average Bonchev–Trinajstić information content (AvgIpc) is 3.38. The van der Waals surface area contributed by atoms with Crippen LogP contribution in [0.25, 0.3) is 77.1 Å². The SMILES string of the molecule is c1ccc(-c2cc(-c3ccccc3)cc(-c3nc4ccccc4c4cc5oc6ccccc6c5cc34)c2)cc1. The number of rotatable bonds is 3. The molecule has 2 aromatic heterocycles. The van der Waals surface area contributed by atoms with Crippen LogP contribution in [0.5, 0.6) is 0 Å². The van der Waals surface area contributed by atoms with Crippen molar-refractivity contribution in [2.45, 2.75) is 0 Å². The fourth-order valence-corrected chi connectivity index (χ4v) is 5.75. The molecule has 2 nitrogen and oxygen atoms in total. The Kier molecular flexibility index (Phi) is 4.86. The van der Waals surface area contributed by atoms with Gasteiger partial charge in [0.2, 0.25) is 0 Å². The molecule has 0 bridgehead atoms. The summed E-state index contributed by atoms with van der Waals surface area (Å²) in [5.74, 6) is 0. The summed E-state index contributed by atoms with van der Waals surface area (Å²) in [5, 5.41) is 5.63. The molecule has 0 N–H and O–H groups in total. The van der Waals surface area contributed by atoms with Crippen LogP contribution in [-0.2, 0) is 0 Å². The zero-order chi connectivity index (χ0) is 25.8. The van der Waals surface area contributed by atoms with E-state index in [1.165, 1.54) is 22.3 Å². The molecular formula is C37H23NO. The van der Waals surface area contributed by atoms with Gasteiger partial charge in [-0.25, -0.2) is 4.98 Å². The summed E-state index contributed by atoms with van der Waals surface area (Å²) in [5.41, 5.74) is 9.56. The second-order valence-corrected chi connectivity index (χ2v) is 10.0. The highest BCUT2D eigenvalue weighted by atomic mass is 16.3.